The van der Waals surface area contributed by atoms with Crippen molar-refractivity contribution in [3.05, 3.63) is 29.6 Å². The molecule has 7 heteroatoms. The van der Waals surface area contributed by atoms with E-state index in [1.54, 1.807) is 6.07 Å². The van der Waals surface area contributed by atoms with Gasteiger partial charge in [-0.3, -0.25) is 4.90 Å². The molecule has 144 valence electrons. The minimum atomic E-state index is -0.348. The number of benzene rings is 1. The van der Waals surface area contributed by atoms with Gasteiger partial charge < -0.3 is 19.7 Å². The van der Waals surface area contributed by atoms with Gasteiger partial charge in [0.2, 0.25) is 0 Å². The zero-order valence-electron chi connectivity index (χ0n) is 15.7. The zero-order chi connectivity index (χ0) is 18.4. The normalized spacial score (nSPS) is 21.9. The Hall–Kier alpha value is -1.86. The summed E-state index contributed by atoms with van der Waals surface area (Å²) in [5, 5.41) is 3.37. The quantitative estimate of drug-likeness (QED) is 0.637. The maximum Gasteiger partial charge on any atom is 0.194 e. The maximum absolute atomic E-state index is 13.9. The monoisotopic (exact) mass is 364 g/mol. The number of hydrogen-bond donors (Lipinski definition) is 1. The number of aliphatic imine (C=N–C) groups is 1. The smallest absolute Gasteiger partial charge is 0.194 e. The van der Waals surface area contributed by atoms with Crippen molar-refractivity contribution in [2.45, 2.75) is 25.9 Å². The first-order chi connectivity index (χ1) is 12.7. The number of morpholine rings is 1. The molecule has 0 amide bonds. The summed E-state index contributed by atoms with van der Waals surface area (Å²) in [5.41, 5.74) is 0.836. The Morgan fingerprint density at radius 3 is 2.85 bits per heavy atom. The predicted octanol–water partition coefficient (Wildman–Crippen LogP) is 1.71. The first kappa shape index (κ1) is 18.9. The van der Waals surface area contributed by atoms with E-state index in [4.69, 9.17) is 14.5 Å². The Morgan fingerprint density at radius 1 is 1.35 bits per heavy atom. The summed E-state index contributed by atoms with van der Waals surface area (Å²) in [6, 6.07) is 5.56. The molecule has 0 bridgehead atoms. The molecule has 2 fully saturated rings. The second-order valence-corrected chi connectivity index (χ2v) is 6.68. The first-order valence-corrected chi connectivity index (χ1v) is 9.38. The van der Waals surface area contributed by atoms with Crippen molar-refractivity contribution >= 4 is 5.96 Å². The molecule has 1 N–H and O–H groups in total. The molecule has 26 heavy (non-hydrogen) atoms. The van der Waals surface area contributed by atoms with Crippen molar-refractivity contribution in [1.82, 2.24) is 15.1 Å². The van der Waals surface area contributed by atoms with E-state index >= 15 is 0 Å². The highest BCUT2D eigenvalue weighted by molar-refractivity contribution is 5.80. The second kappa shape index (κ2) is 9.19. The van der Waals surface area contributed by atoms with Gasteiger partial charge in [-0.25, -0.2) is 9.38 Å². The topological polar surface area (TPSA) is 49.3 Å². The van der Waals surface area contributed by atoms with Gasteiger partial charge in [-0.1, -0.05) is 6.07 Å². The fourth-order valence-corrected chi connectivity index (χ4v) is 3.58. The summed E-state index contributed by atoms with van der Waals surface area (Å²) in [7, 11) is 1.47. The van der Waals surface area contributed by atoms with Crippen molar-refractivity contribution in [3.63, 3.8) is 0 Å². The number of likely N-dealkylation sites (tertiary alicyclic amines) is 1. The fourth-order valence-electron chi connectivity index (χ4n) is 3.58. The number of hydrogen-bond acceptors (Lipinski definition) is 4. The van der Waals surface area contributed by atoms with Crippen molar-refractivity contribution in [1.29, 1.82) is 0 Å². The molecule has 0 aliphatic carbocycles. The third-order valence-corrected chi connectivity index (χ3v) is 4.99. The predicted molar refractivity (Wildman–Crippen MR) is 100 cm³/mol. The Kier molecular flexibility index (Phi) is 6.68. The van der Waals surface area contributed by atoms with E-state index < -0.39 is 0 Å². The minimum Gasteiger partial charge on any atom is -0.494 e. The molecule has 2 heterocycles. The molecule has 1 aromatic rings. The van der Waals surface area contributed by atoms with Crippen molar-refractivity contribution in [2.75, 3.05) is 53.0 Å². The van der Waals surface area contributed by atoms with Gasteiger partial charge >= 0.3 is 0 Å². The average molecular weight is 364 g/mol. The van der Waals surface area contributed by atoms with Gasteiger partial charge in [0.25, 0.3) is 0 Å². The molecular formula is C19H29FN4O2. The Bertz CT molecular complexity index is 620. The van der Waals surface area contributed by atoms with Crippen LogP contribution in [0.15, 0.2) is 23.2 Å². The second-order valence-electron chi connectivity index (χ2n) is 6.68. The van der Waals surface area contributed by atoms with E-state index in [0.29, 0.717) is 12.6 Å². The number of rotatable bonds is 5. The molecule has 2 aliphatic rings. The molecule has 0 spiro atoms. The van der Waals surface area contributed by atoms with Crippen LogP contribution in [0.2, 0.25) is 0 Å². The summed E-state index contributed by atoms with van der Waals surface area (Å²) in [6.45, 7) is 8.97. The van der Waals surface area contributed by atoms with Crippen LogP contribution in [0.3, 0.4) is 0 Å². The number of guanidine groups is 1. The summed E-state index contributed by atoms with van der Waals surface area (Å²) >= 11 is 0. The third kappa shape index (κ3) is 4.65. The summed E-state index contributed by atoms with van der Waals surface area (Å²) in [5.74, 6) is 0.816. The van der Waals surface area contributed by atoms with Crippen LogP contribution in [0.4, 0.5) is 4.39 Å². The van der Waals surface area contributed by atoms with Crippen molar-refractivity contribution in [2.24, 2.45) is 4.99 Å². The van der Waals surface area contributed by atoms with Crippen LogP contribution in [-0.2, 0) is 11.3 Å². The third-order valence-electron chi connectivity index (χ3n) is 4.99. The molecule has 2 aliphatic heterocycles. The molecule has 3 rings (SSSR count). The average Bonchev–Trinajstić information content (AvgIpc) is 3.16. The van der Waals surface area contributed by atoms with E-state index in [1.165, 1.54) is 13.2 Å². The molecule has 2 saturated heterocycles. The number of nitrogens with zero attached hydrogens (tertiary/aromatic N) is 3. The van der Waals surface area contributed by atoms with Gasteiger partial charge in [-0.05, 0) is 31.0 Å². The number of ether oxygens (including phenoxy) is 2. The van der Waals surface area contributed by atoms with Crippen LogP contribution >= 0.6 is 0 Å². The Balaban J connectivity index is 1.63. The van der Waals surface area contributed by atoms with Crippen LogP contribution in [0.1, 0.15) is 18.9 Å². The zero-order valence-corrected chi connectivity index (χ0v) is 15.7. The summed E-state index contributed by atoms with van der Waals surface area (Å²) in [4.78, 5) is 9.55. The van der Waals surface area contributed by atoms with E-state index in [9.17, 15) is 4.39 Å². The number of nitrogens with one attached hydrogen (secondary N) is 1. The Labute approximate surface area is 155 Å². The van der Waals surface area contributed by atoms with Gasteiger partial charge in [0, 0.05) is 38.8 Å². The number of methoxy groups -OCH3 is 1. The highest BCUT2D eigenvalue weighted by Gasteiger charge is 2.30. The van der Waals surface area contributed by atoms with Gasteiger partial charge in [-0.15, -0.1) is 0 Å². The van der Waals surface area contributed by atoms with Crippen LogP contribution in [0.25, 0.3) is 0 Å². The lowest BCUT2D eigenvalue weighted by Gasteiger charge is -2.32. The van der Waals surface area contributed by atoms with Gasteiger partial charge in [0.1, 0.15) is 0 Å². The summed E-state index contributed by atoms with van der Waals surface area (Å²) in [6.07, 6.45) is 1.14. The highest BCUT2D eigenvalue weighted by Crippen LogP contribution is 2.19. The molecule has 0 radical (unpaired) electrons. The Morgan fingerprint density at radius 2 is 2.15 bits per heavy atom. The van der Waals surface area contributed by atoms with Crippen LogP contribution in [0.5, 0.6) is 5.75 Å². The molecule has 6 nitrogen and oxygen atoms in total. The highest BCUT2D eigenvalue weighted by atomic mass is 19.1. The van der Waals surface area contributed by atoms with Crippen molar-refractivity contribution in [3.8, 4) is 5.75 Å². The van der Waals surface area contributed by atoms with Gasteiger partial charge in [-0.2, -0.15) is 0 Å². The fraction of sp³-hybridized carbons (Fsp3) is 0.632. The first-order valence-electron chi connectivity index (χ1n) is 9.38. The largest absolute Gasteiger partial charge is 0.494 e. The van der Waals surface area contributed by atoms with Crippen LogP contribution in [0, 0.1) is 5.82 Å². The maximum atomic E-state index is 13.9. The number of halogens is 1. The van der Waals surface area contributed by atoms with Crippen LogP contribution in [-0.4, -0.2) is 74.8 Å². The molecule has 0 aromatic heterocycles. The minimum absolute atomic E-state index is 0.262. The van der Waals surface area contributed by atoms with E-state index in [0.717, 1.165) is 63.9 Å². The van der Waals surface area contributed by atoms with E-state index in [2.05, 4.69) is 22.0 Å². The molecule has 0 saturated carbocycles. The van der Waals surface area contributed by atoms with Gasteiger partial charge in [0.05, 0.1) is 26.9 Å². The van der Waals surface area contributed by atoms with E-state index in [-0.39, 0.29) is 11.6 Å². The molecular weight excluding hydrogens is 335 g/mol. The lowest BCUT2D eigenvalue weighted by atomic mass is 10.2. The van der Waals surface area contributed by atoms with Gasteiger partial charge in [0.15, 0.2) is 17.5 Å². The SMILES string of the molecule is CCNC(=NCc1ccc(OC)c(F)c1)N1CCC(N2CCOCC2)C1. The molecule has 1 atom stereocenters. The molecule has 1 aromatic carbocycles. The molecule has 1 unspecified atom stereocenters. The lowest BCUT2D eigenvalue weighted by molar-refractivity contribution is 0.0195. The van der Waals surface area contributed by atoms with Crippen molar-refractivity contribution < 1.29 is 13.9 Å². The summed E-state index contributed by atoms with van der Waals surface area (Å²) < 4.78 is 24.3. The van der Waals surface area contributed by atoms with E-state index in [1.807, 2.05) is 6.07 Å². The standard InChI is InChI=1S/C19H29FN4O2/c1-3-21-19(22-13-15-4-5-18(25-2)17(20)12-15)24-7-6-16(14-24)23-8-10-26-11-9-23/h4-5,12,16H,3,6-11,13-14H2,1-2H3,(H,21,22). The lowest BCUT2D eigenvalue weighted by Crippen LogP contribution is -2.46. The van der Waals surface area contributed by atoms with Crippen LogP contribution < -0.4 is 10.1 Å².